The molecular formula is C22H21N3O2. The van der Waals surface area contributed by atoms with Crippen molar-refractivity contribution in [2.45, 2.75) is 25.3 Å². The van der Waals surface area contributed by atoms with Gasteiger partial charge in [0, 0.05) is 18.2 Å². The molecule has 0 spiro atoms. The molecule has 27 heavy (non-hydrogen) atoms. The molecule has 136 valence electrons. The summed E-state index contributed by atoms with van der Waals surface area (Å²) >= 11 is 0. The Balaban J connectivity index is 1.53. The van der Waals surface area contributed by atoms with Crippen molar-refractivity contribution in [2.75, 3.05) is 6.54 Å². The summed E-state index contributed by atoms with van der Waals surface area (Å²) in [7, 11) is 0. The van der Waals surface area contributed by atoms with Crippen LogP contribution in [0.4, 0.5) is 0 Å². The van der Waals surface area contributed by atoms with Crippen LogP contribution in [0.1, 0.15) is 36.8 Å². The first-order chi connectivity index (χ1) is 13.3. The zero-order valence-electron chi connectivity index (χ0n) is 15.0. The Hall–Kier alpha value is -3.21. The smallest absolute Gasteiger partial charge is 0.249 e. The fourth-order valence-electron chi connectivity index (χ4n) is 3.35. The Bertz CT molecular complexity index is 919. The summed E-state index contributed by atoms with van der Waals surface area (Å²) in [6.07, 6.45) is 6.33. The van der Waals surface area contributed by atoms with Gasteiger partial charge in [0.1, 0.15) is 6.04 Å². The second-order valence-electron chi connectivity index (χ2n) is 6.61. The highest BCUT2D eigenvalue weighted by Gasteiger charge is 2.31. The van der Waals surface area contributed by atoms with Crippen LogP contribution < -0.4 is 0 Å². The Morgan fingerprint density at radius 2 is 1.78 bits per heavy atom. The predicted molar refractivity (Wildman–Crippen MR) is 104 cm³/mol. The largest absolute Gasteiger partial charge is 0.337 e. The van der Waals surface area contributed by atoms with Crippen molar-refractivity contribution in [3.8, 4) is 11.4 Å². The first kappa shape index (κ1) is 17.2. The third-order valence-corrected chi connectivity index (χ3v) is 4.76. The molecule has 5 heteroatoms. The van der Waals surface area contributed by atoms with Crippen LogP contribution in [-0.2, 0) is 4.79 Å². The number of carbonyl (C=O) groups is 1. The molecular weight excluding hydrogens is 338 g/mol. The van der Waals surface area contributed by atoms with E-state index in [1.54, 1.807) is 6.08 Å². The molecule has 1 fully saturated rings. The fourth-order valence-corrected chi connectivity index (χ4v) is 3.35. The van der Waals surface area contributed by atoms with E-state index < -0.39 is 0 Å². The maximum absolute atomic E-state index is 12.8. The summed E-state index contributed by atoms with van der Waals surface area (Å²) < 4.78 is 5.52. The van der Waals surface area contributed by atoms with Crippen LogP contribution in [0, 0.1) is 0 Å². The zero-order valence-corrected chi connectivity index (χ0v) is 15.0. The van der Waals surface area contributed by atoms with E-state index >= 15 is 0 Å². The van der Waals surface area contributed by atoms with Crippen LogP contribution in [0.2, 0.25) is 0 Å². The molecule has 5 nitrogen and oxygen atoms in total. The molecule has 0 radical (unpaired) electrons. The maximum atomic E-state index is 12.8. The number of aromatic nitrogens is 2. The van der Waals surface area contributed by atoms with Gasteiger partial charge in [0.25, 0.3) is 0 Å². The average Bonchev–Trinajstić information content (AvgIpc) is 3.23. The molecule has 3 aromatic rings. The van der Waals surface area contributed by atoms with Crippen LogP contribution in [0.25, 0.3) is 17.5 Å². The minimum absolute atomic E-state index is 0.0250. The number of rotatable bonds is 4. The van der Waals surface area contributed by atoms with Gasteiger partial charge in [-0.15, -0.1) is 0 Å². The Morgan fingerprint density at radius 1 is 1.04 bits per heavy atom. The summed E-state index contributed by atoms with van der Waals surface area (Å²) in [5, 5.41) is 4.11. The van der Waals surface area contributed by atoms with Crippen molar-refractivity contribution in [3.05, 3.63) is 78.2 Å². The molecule has 1 unspecified atom stereocenters. The minimum Gasteiger partial charge on any atom is -0.337 e. The first-order valence-corrected chi connectivity index (χ1v) is 9.24. The summed E-state index contributed by atoms with van der Waals surface area (Å²) in [6, 6.07) is 19.4. The summed E-state index contributed by atoms with van der Waals surface area (Å²) in [6.45, 7) is 0.700. The topological polar surface area (TPSA) is 59.2 Å². The van der Waals surface area contributed by atoms with Crippen molar-refractivity contribution < 1.29 is 9.32 Å². The van der Waals surface area contributed by atoms with Crippen LogP contribution >= 0.6 is 0 Å². The number of piperidine rings is 1. The van der Waals surface area contributed by atoms with E-state index in [0.29, 0.717) is 18.3 Å². The van der Waals surface area contributed by atoms with Gasteiger partial charge < -0.3 is 9.42 Å². The highest BCUT2D eigenvalue weighted by Crippen LogP contribution is 2.31. The van der Waals surface area contributed by atoms with Crippen molar-refractivity contribution in [1.82, 2.24) is 15.0 Å². The fraction of sp³-hybridized carbons (Fsp3) is 0.227. The van der Waals surface area contributed by atoms with E-state index in [9.17, 15) is 4.79 Å². The number of nitrogens with zero attached hydrogens (tertiary/aromatic N) is 3. The summed E-state index contributed by atoms with van der Waals surface area (Å²) in [5.74, 6) is 1.04. The predicted octanol–water partition coefficient (Wildman–Crippen LogP) is 4.50. The van der Waals surface area contributed by atoms with Gasteiger partial charge in [-0.25, -0.2) is 0 Å². The van der Waals surface area contributed by atoms with Gasteiger partial charge in [-0.1, -0.05) is 65.8 Å². The lowest BCUT2D eigenvalue weighted by atomic mass is 10.0. The minimum atomic E-state index is -0.170. The molecule has 1 amide bonds. The number of benzene rings is 2. The van der Waals surface area contributed by atoms with E-state index in [2.05, 4.69) is 10.1 Å². The van der Waals surface area contributed by atoms with Gasteiger partial charge in [0.2, 0.25) is 17.6 Å². The molecule has 1 saturated heterocycles. The Morgan fingerprint density at radius 3 is 2.56 bits per heavy atom. The molecule has 1 aromatic heterocycles. The van der Waals surface area contributed by atoms with E-state index in [0.717, 1.165) is 30.4 Å². The molecule has 0 saturated carbocycles. The lowest BCUT2D eigenvalue weighted by Crippen LogP contribution is -2.37. The second kappa shape index (κ2) is 7.99. The molecule has 2 heterocycles. The average molecular weight is 359 g/mol. The molecule has 0 aliphatic carbocycles. The SMILES string of the molecule is O=C(/C=C/c1ccccc1)N1CCCCC1c1nc(-c2ccccc2)no1. The third kappa shape index (κ3) is 3.97. The van der Waals surface area contributed by atoms with Crippen molar-refractivity contribution in [2.24, 2.45) is 0 Å². The highest BCUT2D eigenvalue weighted by atomic mass is 16.5. The standard InChI is InChI=1S/C22H21N3O2/c26-20(15-14-17-9-3-1-4-10-17)25-16-8-7-13-19(25)22-23-21(24-27-22)18-11-5-2-6-12-18/h1-6,9-12,14-15,19H,7-8,13,16H2/b15-14+. The van der Waals surface area contributed by atoms with E-state index in [4.69, 9.17) is 4.52 Å². The summed E-state index contributed by atoms with van der Waals surface area (Å²) in [4.78, 5) is 19.2. The first-order valence-electron chi connectivity index (χ1n) is 9.24. The lowest BCUT2D eigenvalue weighted by Gasteiger charge is -2.32. The molecule has 0 N–H and O–H groups in total. The monoisotopic (exact) mass is 359 g/mol. The molecule has 0 bridgehead atoms. The van der Waals surface area contributed by atoms with E-state index in [-0.39, 0.29) is 11.9 Å². The van der Waals surface area contributed by atoms with Crippen LogP contribution in [0.3, 0.4) is 0 Å². The van der Waals surface area contributed by atoms with Crippen LogP contribution in [0.5, 0.6) is 0 Å². The number of hydrogen-bond donors (Lipinski definition) is 0. The molecule has 1 aliphatic heterocycles. The lowest BCUT2D eigenvalue weighted by molar-refractivity contribution is -0.130. The molecule has 4 rings (SSSR count). The van der Waals surface area contributed by atoms with Crippen molar-refractivity contribution >= 4 is 12.0 Å². The normalized spacial score (nSPS) is 17.3. The molecule has 1 atom stereocenters. The van der Waals surface area contributed by atoms with Crippen LogP contribution in [-0.4, -0.2) is 27.5 Å². The van der Waals surface area contributed by atoms with Crippen LogP contribution in [0.15, 0.2) is 71.3 Å². The Labute approximate surface area is 158 Å². The number of hydrogen-bond acceptors (Lipinski definition) is 4. The second-order valence-corrected chi connectivity index (χ2v) is 6.61. The molecule has 1 aliphatic rings. The third-order valence-electron chi connectivity index (χ3n) is 4.76. The van der Waals surface area contributed by atoms with E-state index in [1.807, 2.05) is 71.6 Å². The van der Waals surface area contributed by atoms with Gasteiger partial charge in [0.15, 0.2) is 0 Å². The number of amides is 1. The van der Waals surface area contributed by atoms with Gasteiger partial charge in [-0.05, 0) is 30.9 Å². The maximum Gasteiger partial charge on any atom is 0.249 e. The van der Waals surface area contributed by atoms with Gasteiger partial charge in [-0.3, -0.25) is 4.79 Å². The van der Waals surface area contributed by atoms with Gasteiger partial charge >= 0.3 is 0 Å². The highest BCUT2D eigenvalue weighted by molar-refractivity contribution is 5.92. The number of likely N-dealkylation sites (tertiary alicyclic amines) is 1. The van der Waals surface area contributed by atoms with Gasteiger partial charge in [-0.2, -0.15) is 4.98 Å². The van der Waals surface area contributed by atoms with E-state index in [1.165, 1.54) is 0 Å². The van der Waals surface area contributed by atoms with Gasteiger partial charge in [0.05, 0.1) is 0 Å². The quantitative estimate of drug-likeness (QED) is 0.643. The zero-order chi connectivity index (χ0) is 18.5. The summed E-state index contributed by atoms with van der Waals surface area (Å²) in [5.41, 5.74) is 1.91. The molecule has 2 aromatic carbocycles. The van der Waals surface area contributed by atoms with Crippen molar-refractivity contribution in [3.63, 3.8) is 0 Å². The Kier molecular flexibility index (Phi) is 5.10. The van der Waals surface area contributed by atoms with Crippen molar-refractivity contribution in [1.29, 1.82) is 0 Å². The number of carbonyl (C=O) groups excluding carboxylic acids is 1.